The summed E-state index contributed by atoms with van der Waals surface area (Å²) in [4.78, 5) is 4.39. The van der Waals surface area contributed by atoms with Crippen molar-refractivity contribution in [2.45, 2.75) is 19.4 Å². The molecule has 1 unspecified atom stereocenters. The lowest BCUT2D eigenvalue weighted by molar-refractivity contribution is 0.549. The van der Waals surface area contributed by atoms with Crippen LogP contribution >= 0.6 is 0 Å². The highest BCUT2D eigenvalue weighted by Crippen LogP contribution is 2.16. The minimum Gasteiger partial charge on any atom is -0.311 e. The SMILES string of the molecule is CNC(Cc1cc(C)nn1C)c1ccccn1. The molecule has 0 amide bonds. The van der Waals surface area contributed by atoms with E-state index in [4.69, 9.17) is 0 Å². The number of aromatic nitrogens is 3. The molecule has 17 heavy (non-hydrogen) atoms. The summed E-state index contributed by atoms with van der Waals surface area (Å²) in [6.07, 6.45) is 2.72. The van der Waals surface area contributed by atoms with Crippen LogP contribution in [0.1, 0.15) is 23.1 Å². The second-order valence-electron chi connectivity index (χ2n) is 4.20. The van der Waals surface area contributed by atoms with E-state index in [0.717, 1.165) is 17.8 Å². The average Bonchev–Trinajstić information content (AvgIpc) is 2.66. The largest absolute Gasteiger partial charge is 0.311 e. The van der Waals surface area contributed by atoms with Crippen LogP contribution in [-0.4, -0.2) is 21.8 Å². The molecule has 0 spiro atoms. The molecule has 2 rings (SSSR count). The Balaban J connectivity index is 2.18. The van der Waals surface area contributed by atoms with Crippen LogP contribution in [0.2, 0.25) is 0 Å². The van der Waals surface area contributed by atoms with Gasteiger partial charge >= 0.3 is 0 Å². The van der Waals surface area contributed by atoms with E-state index < -0.39 is 0 Å². The number of aryl methyl sites for hydroxylation is 2. The van der Waals surface area contributed by atoms with E-state index in [-0.39, 0.29) is 6.04 Å². The number of pyridine rings is 1. The number of nitrogens with zero attached hydrogens (tertiary/aromatic N) is 3. The van der Waals surface area contributed by atoms with E-state index in [9.17, 15) is 0 Å². The van der Waals surface area contributed by atoms with Crippen LogP contribution in [-0.2, 0) is 13.5 Å². The van der Waals surface area contributed by atoms with Crippen LogP contribution in [0.4, 0.5) is 0 Å². The molecule has 2 aromatic heterocycles. The number of hydrogen-bond acceptors (Lipinski definition) is 3. The highest BCUT2D eigenvalue weighted by Gasteiger charge is 2.13. The molecule has 0 bridgehead atoms. The zero-order valence-electron chi connectivity index (χ0n) is 10.5. The Morgan fingerprint density at radius 3 is 2.76 bits per heavy atom. The number of likely N-dealkylation sites (N-methyl/N-ethyl adjacent to an activating group) is 1. The molecule has 0 aliphatic carbocycles. The van der Waals surface area contributed by atoms with Crippen LogP contribution in [0.5, 0.6) is 0 Å². The van der Waals surface area contributed by atoms with E-state index in [1.165, 1.54) is 5.69 Å². The molecule has 0 saturated carbocycles. The Bertz CT molecular complexity index is 475. The van der Waals surface area contributed by atoms with E-state index in [0.29, 0.717) is 0 Å². The maximum absolute atomic E-state index is 4.39. The first kappa shape index (κ1) is 11.8. The summed E-state index contributed by atoms with van der Waals surface area (Å²) < 4.78 is 1.93. The fraction of sp³-hybridized carbons (Fsp3) is 0.385. The Hall–Kier alpha value is -1.68. The first-order valence-electron chi connectivity index (χ1n) is 5.78. The second-order valence-corrected chi connectivity index (χ2v) is 4.20. The Morgan fingerprint density at radius 2 is 2.24 bits per heavy atom. The Labute approximate surface area is 102 Å². The summed E-state index contributed by atoms with van der Waals surface area (Å²) in [6.45, 7) is 2.01. The van der Waals surface area contributed by atoms with Gasteiger partial charge in [0.15, 0.2) is 0 Å². The third-order valence-electron chi connectivity index (χ3n) is 2.91. The van der Waals surface area contributed by atoms with Crippen LogP contribution in [0.15, 0.2) is 30.5 Å². The minimum atomic E-state index is 0.228. The summed E-state index contributed by atoms with van der Waals surface area (Å²) in [5.41, 5.74) is 3.33. The number of hydrogen-bond donors (Lipinski definition) is 1. The molecule has 0 fully saturated rings. The smallest absolute Gasteiger partial charge is 0.0596 e. The molecule has 4 nitrogen and oxygen atoms in total. The zero-order valence-corrected chi connectivity index (χ0v) is 10.5. The van der Waals surface area contributed by atoms with Gasteiger partial charge in [-0.2, -0.15) is 5.10 Å². The minimum absolute atomic E-state index is 0.228. The molecule has 0 radical (unpaired) electrons. The van der Waals surface area contributed by atoms with Gasteiger partial charge in [0.05, 0.1) is 17.4 Å². The molecule has 1 N–H and O–H groups in total. The van der Waals surface area contributed by atoms with Gasteiger partial charge in [0.25, 0.3) is 0 Å². The molecular weight excluding hydrogens is 212 g/mol. The number of nitrogens with one attached hydrogen (secondary N) is 1. The lowest BCUT2D eigenvalue weighted by Crippen LogP contribution is -2.21. The van der Waals surface area contributed by atoms with E-state index >= 15 is 0 Å². The molecule has 4 heteroatoms. The van der Waals surface area contributed by atoms with Crippen molar-refractivity contribution in [3.05, 3.63) is 47.5 Å². The molecule has 0 aromatic carbocycles. The predicted octanol–water partition coefficient (Wildman–Crippen LogP) is 1.63. The quantitative estimate of drug-likeness (QED) is 0.868. The van der Waals surface area contributed by atoms with Gasteiger partial charge in [0.1, 0.15) is 0 Å². The van der Waals surface area contributed by atoms with Crippen molar-refractivity contribution >= 4 is 0 Å². The molecule has 2 aromatic rings. The molecular formula is C13H18N4. The third kappa shape index (κ3) is 2.71. The first-order chi connectivity index (χ1) is 8.20. The van der Waals surface area contributed by atoms with Crippen LogP contribution in [0.3, 0.4) is 0 Å². The summed E-state index contributed by atoms with van der Waals surface area (Å²) in [5.74, 6) is 0. The van der Waals surface area contributed by atoms with E-state index in [2.05, 4.69) is 21.5 Å². The van der Waals surface area contributed by atoms with Gasteiger partial charge < -0.3 is 5.32 Å². The van der Waals surface area contributed by atoms with Crippen molar-refractivity contribution in [1.82, 2.24) is 20.1 Å². The summed E-state index contributed by atoms with van der Waals surface area (Å²) >= 11 is 0. The third-order valence-corrected chi connectivity index (χ3v) is 2.91. The lowest BCUT2D eigenvalue weighted by atomic mass is 10.1. The average molecular weight is 230 g/mol. The predicted molar refractivity (Wildman–Crippen MR) is 67.7 cm³/mol. The topological polar surface area (TPSA) is 42.7 Å². The lowest BCUT2D eigenvalue weighted by Gasteiger charge is -2.15. The van der Waals surface area contributed by atoms with Crippen LogP contribution < -0.4 is 5.32 Å². The molecule has 90 valence electrons. The van der Waals surface area contributed by atoms with Crippen molar-refractivity contribution in [2.24, 2.45) is 7.05 Å². The van der Waals surface area contributed by atoms with Crippen LogP contribution in [0.25, 0.3) is 0 Å². The van der Waals surface area contributed by atoms with Gasteiger partial charge in [0.2, 0.25) is 0 Å². The molecule has 0 saturated heterocycles. The van der Waals surface area contributed by atoms with Gasteiger partial charge in [0, 0.05) is 25.4 Å². The molecule has 0 aliphatic heterocycles. The van der Waals surface area contributed by atoms with Crippen LogP contribution in [0, 0.1) is 6.92 Å². The van der Waals surface area contributed by atoms with E-state index in [1.54, 1.807) is 0 Å². The van der Waals surface area contributed by atoms with Gasteiger partial charge in [-0.15, -0.1) is 0 Å². The maximum Gasteiger partial charge on any atom is 0.0596 e. The van der Waals surface area contributed by atoms with Gasteiger partial charge in [-0.1, -0.05) is 6.07 Å². The Kier molecular flexibility index (Phi) is 3.54. The van der Waals surface area contributed by atoms with Crippen molar-refractivity contribution in [1.29, 1.82) is 0 Å². The number of rotatable bonds is 4. The zero-order chi connectivity index (χ0) is 12.3. The van der Waals surface area contributed by atoms with Gasteiger partial charge in [-0.05, 0) is 32.2 Å². The van der Waals surface area contributed by atoms with Crippen molar-refractivity contribution in [3.8, 4) is 0 Å². The second kappa shape index (κ2) is 5.10. The maximum atomic E-state index is 4.39. The highest BCUT2D eigenvalue weighted by atomic mass is 15.3. The highest BCUT2D eigenvalue weighted by molar-refractivity contribution is 5.15. The van der Waals surface area contributed by atoms with Crippen molar-refractivity contribution in [3.63, 3.8) is 0 Å². The summed E-state index contributed by atoms with van der Waals surface area (Å²) in [5, 5.41) is 7.66. The monoisotopic (exact) mass is 230 g/mol. The standard InChI is InChI=1S/C13H18N4/c1-10-8-11(17(3)16-10)9-13(14-2)12-6-4-5-7-15-12/h4-8,13-14H,9H2,1-3H3. The summed E-state index contributed by atoms with van der Waals surface area (Å²) in [6, 6.07) is 8.34. The fourth-order valence-corrected chi connectivity index (χ4v) is 2.00. The van der Waals surface area contributed by atoms with Crippen molar-refractivity contribution < 1.29 is 0 Å². The fourth-order valence-electron chi connectivity index (χ4n) is 2.00. The van der Waals surface area contributed by atoms with E-state index in [1.807, 2.05) is 50.1 Å². The van der Waals surface area contributed by atoms with Crippen molar-refractivity contribution in [2.75, 3.05) is 7.05 Å². The molecule has 0 aliphatic rings. The Morgan fingerprint density at radius 1 is 1.41 bits per heavy atom. The normalized spacial score (nSPS) is 12.6. The molecule has 2 heterocycles. The van der Waals surface area contributed by atoms with Gasteiger partial charge in [-0.25, -0.2) is 0 Å². The molecule has 1 atom stereocenters. The first-order valence-corrected chi connectivity index (χ1v) is 5.78. The summed E-state index contributed by atoms with van der Waals surface area (Å²) in [7, 11) is 3.94. The van der Waals surface area contributed by atoms with Gasteiger partial charge in [-0.3, -0.25) is 9.67 Å².